The molecule has 0 saturated carbocycles. The minimum Gasteiger partial charge on any atom is -0.507 e. The number of aromatic nitrogens is 2. The molecule has 0 aliphatic carbocycles. The second kappa shape index (κ2) is 8.82. The number of ether oxygens (including phenoxy) is 3. The van der Waals surface area contributed by atoms with Gasteiger partial charge in [-0.2, -0.15) is 5.10 Å². The molecular weight excluding hydrogens is 410 g/mol. The summed E-state index contributed by atoms with van der Waals surface area (Å²) in [7, 11) is 4.68. The number of fused-ring (bicyclic) bond motifs is 1. The van der Waals surface area contributed by atoms with Crippen LogP contribution in [0.25, 0.3) is 11.3 Å². The van der Waals surface area contributed by atoms with Crippen LogP contribution in [0.5, 0.6) is 23.0 Å². The van der Waals surface area contributed by atoms with E-state index in [2.05, 4.69) is 17.1 Å². The van der Waals surface area contributed by atoms with Crippen molar-refractivity contribution in [3.8, 4) is 34.3 Å². The Hall–Kier alpha value is -3.68. The first-order valence-electron chi connectivity index (χ1n) is 10.5. The molecule has 2 N–H and O–H groups in total. The lowest BCUT2D eigenvalue weighted by atomic mass is 9.95. The molecule has 4 rings (SSSR count). The molecule has 0 saturated heterocycles. The van der Waals surface area contributed by atoms with E-state index < -0.39 is 6.04 Å². The number of carbonyl (C=O) groups excluding carboxylic acids is 1. The maximum absolute atomic E-state index is 13.4. The van der Waals surface area contributed by atoms with Crippen LogP contribution >= 0.6 is 0 Å². The standard InChI is InChI=1S/C24H27N3O5/c1-5-6-11-27-22(14-12-17(30-2)23(32-4)18(13-14)31-3)19-20(25-26-21(19)24(27)29)15-9-7-8-10-16(15)28/h7-10,12-13,22,28H,5-6,11H2,1-4H3,(H,25,26). The van der Waals surface area contributed by atoms with Crippen LogP contribution in [0.2, 0.25) is 0 Å². The topological polar surface area (TPSA) is 96.9 Å². The Morgan fingerprint density at radius 1 is 1.09 bits per heavy atom. The van der Waals surface area contributed by atoms with Gasteiger partial charge in [0.2, 0.25) is 5.75 Å². The molecule has 1 aromatic heterocycles. The lowest BCUT2D eigenvalue weighted by Gasteiger charge is -2.27. The first kappa shape index (κ1) is 21.5. The fourth-order valence-electron chi connectivity index (χ4n) is 4.24. The number of aromatic hydroxyl groups is 1. The molecular formula is C24H27N3O5. The lowest BCUT2D eigenvalue weighted by molar-refractivity contribution is 0.0741. The van der Waals surface area contributed by atoms with Crippen LogP contribution in [0.4, 0.5) is 0 Å². The fraction of sp³-hybridized carbons (Fsp3) is 0.333. The Labute approximate surface area is 186 Å². The molecule has 32 heavy (non-hydrogen) atoms. The Balaban J connectivity index is 1.94. The number of phenols is 1. The van der Waals surface area contributed by atoms with Gasteiger partial charge in [-0.05, 0) is 36.2 Å². The number of nitrogens with zero attached hydrogens (tertiary/aromatic N) is 2. The van der Waals surface area contributed by atoms with Gasteiger partial charge in [-0.3, -0.25) is 9.89 Å². The Morgan fingerprint density at radius 2 is 1.78 bits per heavy atom. The van der Waals surface area contributed by atoms with E-state index in [1.165, 1.54) is 0 Å². The summed E-state index contributed by atoms with van der Waals surface area (Å²) in [5, 5.41) is 17.8. The number of methoxy groups -OCH3 is 3. The molecule has 0 fully saturated rings. The largest absolute Gasteiger partial charge is 0.507 e. The summed E-state index contributed by atoms with van der Waals surface area (Å²) >= 11 is 0. The van der Waals surface area contributed by atoms with Crippen LogP contribution in [-0.4, -0.2) is 54.0 Å². The number of unbranched alkanes of at least 4 members (excludes halogenated alkanes) is 1. The Bertz CT molecular complexity index is 1120. The molecule has 0 spiro atoms. The van der Waals surface area contributed by atoms with Gasteiger partial charge < -0.3 is 24.2 Å². The number of amides is 1. The first-order chi connectivity index (χ1) is 15.5. The molecule has 1 atom stereocenters. The summed E-state index contributed by atoms with van der Waals surface area (Å²) in [5.74, 6) is 1.47. The van der Waals surface area contributed by atoms with Crippen LogP contribution in [0.15, 0.2) is 36.4 Å². The molecule has 2 aromatic carbocycles. The highest BCUT2D eigenvalue weighted by molar-refractivity contribution is 6.00. The summed E-state index contributed by atoms with van der Waals surface area (Å²) in [6, 6.07) is 10.3. The van der Waals surface area contributed by atoms with Crippen molar-refractivity contribution in [2.45, 2.75) is 25.8 Å². The number of nitrogens with one attached hydrogen (secondary N) is 1. The molecule has 8 nitrogen and oxygen atoms in total. The summed E-state index contributed by atoms with van der Waals surface area (Å²) in [4.78, 5) is 15.2. The van der Waals surface area contributed by atoms with Crippen LogP contribution < -0.4 is 14.2 Å². The van der Waals surface area contributed by atoms with Crippen molar-refractivity contribution in [2.75, 3.05) is 27.9 Å². The van der Waals surface area contributed by atoms with Crippen molar-refractivity contribution in [1.82, 2.24) is 15.1 Å². The average Bonchev–Trinajstić information content (AvgIpc) is 3.35. The van der Waals surface area contributed by atoms with E-state index in [-0.39, 0.29) is 11.7 Å². The van der Waals surface area contributed by atoms with E-state index in [4.69, 9.17) is 14.2 Å². The smallest absolute Gasteiger partial charge is 0.273 e. The first-order valence-corrected chi connectivity index (χ1v) is 10.5. The maximum Gasteiger partial charge on any atom is 0.273 e. The zero-order chi connectivity index (χ0) is 22.8. The number of carbonyl (C=O) groups is 1. The minimum atomic E-state index is -0.425. The van der Waals surface area contributed by atoms with E-state index in [1.807, 2.05) is 23.1 Å². The molecule has 1 aliphatic rings. The maximum atomic E-state index is 13.4. The molecule has 1 unspecified atom stereocenters. The number of hydrogen-bond acceptors (Lipinski definition) is 6. The lowest BCUT2D eigenvalue weighted by Crippen LogP contribution is -2.30. The number of H-pyrrole nitrogens is 1. The highest BCUT2D eigenvalue weighted by atomic mass is 16.5. The van der Waals surface area contributed by atoms with Crippen LogP contribution in [0, 0.1) is 0 Å². The fourth-order valence-corrected chi connectivity index (χ4v) is 4.24. The van der Waals surface area contributed by atoms with Crippen molar-refractivity contribution >= 4 is 5.91 Å². The second-order valence-electron chi connectivity index (χ2n) is 7.59. The third kappa shape index (κ3) is 3.41. The van der Waals surface area contributed by atoms with Gasteiger partial charge in [0, 0.05) is 17.7 Å². The van der Waals surface area contributed by atoms with Gasteiger partial charge in [0.1, 0.15) is 17.1 Å². The van der Waals surface area contributed by atoms with Crippen molar-refractivity contribution in [3.63, 3.8) is 0 Å². The summed E-state index contributed by atoms with van der Waals surface area (Å²) in [6.45, 7) is 2.67. The molecule has 8 heteroatoms. The predicted molar refractivity (Wildman–Crippen MR) is 120 cm³/mol. The molecule has 1 amide bonds. The van der Waals surface area contributed by atoms with Crippen molar-refractivity contribution < 1.29 is 24.1 Å². The SMILES string of the molecule is CCCCN1C(=O)c2[nH]nc(-c3ccccc3O)c2C1c1cc(OC)c(OC)c(OC)c1. The minimum absolute atomic E-state index is 0.102. The Kier molecular flexibility index (Phi) is 5.94. The number of para-hydroxylation sites is 1. The monoisotopic (exact) mass is 437 g/mol. The van der Waals surface area contributed by atoms with E-state index >= 15 is 0 Å². The molecule has 168 valence electrons. The van der Waals surface area contributed by atoms with E-state index in [0.717, 1.165) is 24.0 Å². The van der Waals surface area contributed by atoms with E-state index in [9.17, 15) is 9.90 Å². The van der Waals surface area contributed by atoms with E-state index in [1.54, 1.807) is 39.5 Å². The van der Waals surface area contributed by atoms with Crippen LogP contribution in [-0.2, 0) is 0 Å². The number of aromatic amines is 1. The van der Waals surface area contributed by atoms with Gasteiger partial charge in [0.25, 0.3) is 5.91 Å². The van der Waals surface area contributed by atoms with Gasteiger partial charge in [0.05, 0.1) is 27.4 Å². The number of phenolic OH excluding ortho intramolecular Hbond substituents is 1. The molecule has 2 heterocycles. The Morgan fingerprint density at radius 3 is 2.38 bits per heavy atom. The third-order valence-corrected chi connectivity index (χ3v) is 5.78. The second-order valence-corrected chi connectivity index (χ2v) is 7.59. The van der Waals surface area contributed by atoms with Gasteiger partial charge in [-0.15, -0.1) is 0 Å². The molecule has 0 radical (unpaired) electrons. The highest BCUT2D eigenvalue weighted by Gasteiger charge is 2.42. The summed E-state index contributed by atoms with van der Waals surface area (Å²) in [5.41, 5.74) is 3.07. The number of hydrogen-bond donors (Lipinski definition) is 2. The molecule has 1 aliphatic heterocycles. The van der Waals surface area contributed by atoms with Crippen molar-refractivity contribution in [3.05, 3.63) is 53.2 Å². The highest BCUT2D eigenvalue weighted by Crippen LogP contribution is 2.48. The van der Waals surface area contributed by atoms with Crippen molar-refractivity contribution in [1.29, 1.82) is 0 Å². The van der Waals surface area contributed by atoms with E-state index in [0.29, 0.717) is 40.7 Å². The number of benzene rings is 2. The molecule has 3 aromatic rings. The van der Waals surface area contributed by atoms with Gasteiger partial charge in [-0.25, -0.2) is 0 Å². The van der Waals surface area contributed by atoms with Crippen LogP contribution in [0.1, 0.15) is 47.4 Å². The van der Waals surface area contributed by atoms with Gasteiger partial charge in [0.15, 0.2) is 11.5 Å². The zero-order valence-electron chi connectivity index (χ0n) is 18.6. The van der Waals surface area contributed by atoms with Gasteiger partial charge in [-0.1, -0.05) is 25.5 Å². The third-order valence-electron chi connectivity index (χ3n) is 5.78. The van der Waals surface area contributed by atoms with Crippen molar-refractivity contribution in [2.24, 2.45) is 0 Å². The van der Waals surface area contributed by atoms with Gasteiger partial charge >= 0.3 is 0 Å². The predicted octanol–water partition coefficient (Wildman–Crippen LogP) is 4.15. The number of rotatable bonds is 8. The summed E-state index contributed by atoms with van der Waals surface area (Å²) in [6.07, 6.45) is 1.81. The summed E-state index contributed by atoms with van der Waals surface area (Å²) < 4.78 is 16.6. The molecule has 0 bridgehead atoms. The quantitative estimate of drug-likeness (QED) is 0.549. The average molecular weight is 437 g/mol. The normalized spacial score (nSPS) is 15.1. The zero-order valence-corrected chi connectivity index (χ0v) is 18.6. The van der Waals surface area contributed by atoms with Crippen LogP contribution in [0.3, 0.4) is 0 Å².